The largest absolute Gasteiger partial charge is 0.348 e. The van der Waals surface area contributed by atoms with Crippen LogP contribution in [0, 0.1) is 0 Å². The average Bonchev–Trinajstić information content (AvgIpc) is 3.12. The number of nitrogens with one attached hydrogen (secondary N) is 1. The van der Waals surface area contributed by atoms with Gasteiger partial charge >= 0.3 is 0 Å². The van der Waals surface area contributed by atoms with Crippen molar-refractivity contribution in [1.82, 2.24) is 9.47 Å². The maximum absolute atomic E-state index is 6.55. The predicted molar refractivity (Wildman–Crippen MR) is 117 cm³/mol. The number of anilines is 1. The first kappa shape index (κ1) is 18.6. The summed E-state index contributed by atoms with van der Waals surface area (Å²) in [5, 5.41) is 5.74. The highest BCUT2D eigenvalue weighted by Gasteiger charge is 2.32. The Morgan fingerprint density at radius 1 is 0.963 bits per heavy atom. The quantitative estimate of drug-likeness (QED) is 0.479. The van der Waals surface area contributed by atoms with E-state index in [1.165, 1.54) is 0 Å². The molecule has 1 unspecified atom stereocenters. The molecule has 2 aromatic carbocycles. The van der Waals surface area contributed by atoms with Crippen molar-refractivity contribution in [1.29, 1.82) is 0 Å². The zero-order chi connectivity index (χ0) is 19.0. The molecule has 0 fully saturated rings. The van der Waals surface area contributed by atoms with Crippen LogP contribution in [0.4, 0.5) is 5.69 Å². The van der Waals surface area contributed by atoms with Gasteiger partial charge in [-0.15, -0.1) is 0 Å². The van der Waals surface area contributed by atoms with Gasteiger partial charge in [-0.3, -0.25) is 0 Å². The van der Waals surface area contributed by atoms with Crippen molar-refractivity contribution in [2.75, 3.05) is 11.9 Å². The minimum atomic E-state index is -0.110. The Balaban J connectivity index is 1.72. The Kier molecular flexibility index (Phi) is 5.33. The molecule has 138 valence electrons. The van der Waals surface area contributed by atoms with Crippen LogP contribution in [0.25, 0.3) is 0 Å². The van der Waals surface area contributed by atoms with E-state index >= 15 is 0 Å². The summed E-state index contributed by atoms with van der Waals surface area (Å²) in [7, 11) is 0. The number of fused-ring (bicyclic) bond motifs is 1. The second-order valence-corrected chi connectivity index (χ2v) is 7.94. The molecule has 1 aliphatic heterocycles. The highest BCUT2D eigenvalue weighted by Crippen LogP contribution is 2.37. The summed E-state index contributed by atoms with van der Waals surface area (Å²) < 4.78 is 2.23. The number of hydrogen-bond acceptors (Lipinski definition) is 1. The van der Waals surface area contributed by atoms with E-state index < -0.39 is 0 Å². The smallest absolute Gasteiger partial charge is 0.174 e. The third-order valence-corrected chi connectivity index (χ3v) is 5.90. The molecule has 0 radical (unpaired) electrons. The summed E-state index contributed by atoms with van der Waals surface area (Å²) in [6.07, 6.45) is 2.08. The minimum Gasteiger partial charge on any atom is -0.348 e. The van der Waals surface area contributed by atoms with Gasteiger partial charge in [-0.05, 0) is 54.2 Å². The second-order valence-electron chi connectivity index (χ2n) is 6.30. The number of thiocarbonyl (C=S) groups is 1. The molecule has 0 saturated heterocycles. The zero-order valence-electron chi connectivity index (χ0n) is 14.2. The monoisotopic (exact) mass is 435 g/mol. The van der Waals surface area contributed by atoms with Gasteiger partial charge < -0.3 is 14.8 Å². The number of para-hydroxylation sites is 1. The fourth-order valence-corrected chi connectivity index (χ4v) is 4.40. The number of halogens is 3. The Bertz CT molecular complexity index is 1000. The fourth-order valence-electron chi connectivity index (χ4n) is 3.40. The molecule has 0 spiro atoms. The van der Waals surface area contributed by atoms with Crippen molar-refractivity contribution in [2.24, 2.45) is 0 Å². The molecular weight excluding hydrogens is 421 g/mol. The molecule has 1 aromatic heterocycles. The molecular formula is C20H16Cl3N3S. The maximum atomic E-state index is 6.55. The fraction of sp³-hybridized carbons (Fsp3) is 0.150. The summed E-state index contributed by atoms with van der Waals surface area (Å²) >= 11 is 24.7. The van der Waals surface area contributed by atoms with Crippen molar-refractivity contribution in [3.05, 3.63) is 87.1 Å². The molecule has 27 heavy (non-hydrogen) atoms. The van der Waals surface area contributed by atoms with Gasteiger partial charge in [0.2, 0.25) is 0 Å². The van der Waals surface area contributed by atoms with Crippen LogP contribution in [0.15, 0.2) is 60.8 Å². The molecule has 2 heterocycles. The lowest BCUT2D eigenvalue weighted by atomic mass is 10.00. The van der Waals surface area contributed by atoms with E-state index in [2.05, 4.69) is 27.0 Å². The Hall–Kier alpha value is -1.72. The second kappa shape index (κ2) is 7.72. The first-order chi connectivity index (χ1) is 13.0. The standard InChI is InChI=1S/C20H16Cl3N3S/c21-13-7-8-14(16(23)12-13)19-18-6-3-9-25(18)10-11-26(19)20(27)24-17-5-2-1-4-15(17)22/h1-9,12,19H,10-11H2,(H,24,27). The highest BCUT2D eigenvalue weighted by atomic mass is 35.5. The van der Waals surface area contributed by atoms with E-state index in [1.54, 1.807) is 6.07 Å². The summed E-state index contributed by atoms with van der Waals surface area (Å²) in [6.45, 7) is 1.59. The van der Waals surface area contributed by atoms with Gasteiger partial charge in [0.15, 0.2) is 5.11 Å². The van der Waals surface area contributed by atoms with E-state index in [-0.39, 0.29) is 6.04 Å². The van der Waals surface area contributed by atoms with E-state index in [9.17, 15) is 0 Å². The number of benzene rings is 2. The summed E-state index contributed by atoms with van der Waals surface area (Å²) in [5.41, 5.74) is 2.88. The molecule has 1 N–H and O–H groups in total. The lowest BCUT2D eigenvalue weighted by molar-refractivity contribution is 0.293. The van der Waals surface area contributed by atoms with Crippen molar-refractivity contribution in [3.8, 4) is 0 Å². The average molecular weight is 437 g/mol. The molecule has 4 rings (SSSR count). The zero-order valence-corrected chi connectivity index (χ0v) is 17.3. The molecule has 3 aromatic rings. The minimum absolute atomic E-state index is 0.110. The number of aromatic nitrogens is 1. The summed E-state index contributed by atoms with van der Waals surface area (Å²) in [5.74, 6) is 0. The van der Waals surface area contributed by atoms with E-state index in [1.807, 2.05) is 42.5 Å². The Morgan fingerprint density at radius 3 is 2.56 bits per heavy atom. The van der Waals surface area contributed by atoms with Crippen LogP contribution in [0.1, 0.15) is 17.3 Å². The third-order valence-electron chi connectivity index (χ3n) is 4.67. The van der Waals surface area contributed by atoms with Gasteiger partial charge in [0.25, 0.3) is 0 Å². The van der Waals surface area contributed by atoms with Crippen LogP contribution in [0.3, 0.4) is 0 Å². The number of nitrogens with zero attached hydrogens (tertiary/aromatic N) is 2. The van der Waals surface area contributed by atoms with Crippen LogP contribution in [-0.2, 0) is 6.54 Å². The number of hydrogen-bond donors (Lipinski definition) is 1. The molecule has 0 aliphatic carbocycles. The summed E-state index contributed by atoms with van der Waals surface area (Å²) in [6, 6.07) is 17.2. The Morgan fingerprint density at radius 2 is 1.78 bits per heavy atom. The van der Waals surface area contributed by atoms with Crippen LogP contribution >= 0.6 is 47.0 Å². The molecule has 1 aliphatic rings. The van der Waals surface area contributed by atoms with Crippen molar-refractivity contribution >= 4 is 57.8 Å². The SMILES string of the molecule is S=C(Nc1ccccc1Cl)N1CCn2cccc2C1c1ccc(Cl)cc1Cl. The van der Waals surface area contributed by atoms with Crippen molar-refractivity contribution in [2.45, 2.75) is 12.6 Å². The van der Waals surface area contributed by atoms with Crippen molar-refractivity contribution in [3.63, 3.8) is 0 Å². The van der Waals surface area contributed by atoms with Gasteiger partial charge in [-0.25, -0.2) is 0 Å². The lowest BCUT2D eigenvalue weighted by Crippen LogP contribution is -2.44. The van der Waals surface area contributed by atoms with E-state index in [0.717, 1.165) is 30.0 Å². The lowest BCUT2D eigenvalue weighted by Gasteiger charge is -2.39. The van der Waals surface area contributed by atoms with Gasteiger partial charge in [0, 0.05) is 35.0 Å². The molecule has 0 bridgehead atoms. The van der Waals surface area contributed by atoms with E-state index in [4.69, 9.17) is 47.0 Å². The van der Waals surface area contributed by atoms with E-state index in [0.29, 0.717) is 20.2 Å². The normalized spacial score (nSPS) is 16.1. The molecule has 0 saturated carbocycles. The van der Waals surface area contributed by atoms with Crippen LogP contribution in [0.5, 0.6) is 0 Å². The summed E-state index contributed by atoms with van der Waals surface area (Å²) in [4.78, 5) is 2.14. The maximum Gasteiger partial charge on any atom is 0.174 e. The Labute approximate surface area is 178 Å². The van der Waals surface area contributed by atoms with Crippen LogP contribution in [0.2, 0.25) is 15.1 Å². The third kappa shape index (κ3) is 3.67. The molecule has 7 heteroatoms. The predicted octanol–water partition coefficient (Wildman–Crippen LogP) is 6.25. The topological polar surface area (TPSA) is 20.2 Å². The molecule has 1 atom stereocenters. The van der Waals surface area contributed by atoms with Gasteiger partial charge in [-0.2, -0.15) is 0 Å². The van der Waals surface area contributed by atoms with Gasteiger partial charge in [-0.1, -0.05) is 53.0 Å². The van der Waals surface area contributed by atoms with Crippen molar-refractivity contribution < 1.29 is 0 Å². The van der Waals surface area contributed by atoms with Crippen LogP contribution < -0.4 is 5.32 Å². The molecule has 3 nitrogen and oxygen atoms in total. The van der Waals surface area contributed by atoms with Gasteiger partial charge in [0.05, 0.1) is 16.8 Å². The number of rotatable bonds is 2. The van der Waals surface area contributed by atoms with Crippen LogP contribution in [-0.4, -0.2) is 21.1 Å². The first-order valence-electron chi connectivity index (χ1n) is 8.47. The van der Waals surface area contributed by atoms with Gasteiger partial charge in [0.1, 0.15) is 0 Å². The first-order valence-corrected chi connectivity index (χ1v) is 10.0. The molecule has 0 amide bonds. The highest BCUT2D eigenvalue weighted by molar-refractivity contribution is 7.80.